The van der Waals surface area contributed by atoms with Crippen LogP contribution in [-0.4, -0.2) is 94.6 Å². The van der Waals surface area contributed by atoms with Crippen molar-refractivity contribution in [3.63, 3.8) is 0 Å². The Morgan fingerprint density at radius 1 is 0.882 bits per heavy atom. The summed E-state index contributed by atoms with van der Waals surface area (Å²) >= 11 is 15.0. The molecule has 1 fully saturated rings. The zero-order valence-corrected chi connectivity index (χ0v) is 31.1. The minimum Gasteiger partial charge on any atom is -0.480 e. The lowest BCUT2D eigenvalue weighted by molar-refractivity contribution is -0.149. The Morgan fingerprint density at radius 3 is 1.76 bits per heavy atom. The average molecular weight is 778 g/mol. The number of cyclic esters (lactones) is 2. The van der Waals surface area contributed by atoms with Crippen LogP contribution in [0.3, 0.4) is 0 Å². The number of hydrogen-bond acceptors (Lipinski definition) is 12. The number of alkyl halides is 3. The maximum Gasteiger partial charge on any atom is 0.511 e. The third-order valence-corrected chi connectivity index (χ3v) is 7.16. The first kappa shape index (κ1) is 44.9. The number of nitrogens with zero attached hydrogens (tertiary/aromatic N) is 1. The minimum atomic E-state index is -2.03. The van der Waals surface area contributed by atoms with E-state index >= 15 is 0 Å². The molecule has 0 aliphatic carbocycles. The van der Waals surface area contributed by atoms with Gasteiger partial charge < -0.3 is 28.8 Å². The number of hydrogen-bond donors (Lipinski definition) is 2. The van der Waals surface area contributed by atoms with Gasteiger partial charge in [-0.2, -0.15) is 0 Å². The molecule has 0 aromatic heterocycles. The first-order chi connectivity index (χ1) is 24.0. The van der Waals surface area contributed by atoms with Gasteiger partial charge >= 0.3 is 40.1 Å². The van der Waals surface area contributed by atoms with Crippen molar-refractivity contribution in [2.45, 2.75) is 81.5 Å². The molecular weight excluding hydrogens is 735 g/mol. The van der Waals surface area contributed by atoms with Gasteiger partial charge in [0, 0.05) is 0 Å². The second-order valence-corrected chi connectivity index (χ2v) is 12.8. The van der Waals surface area contributed by atoms with E-state index in [4.69, 9.17) is 49.4 Å². The fourth-order valence-electron chi connectivity index (χ4n) is 4.43. The van der Waals surface area contributed by atoms with Gasteiger partial charge in [-0.15, -0.1) is 0 Å². The summed E-state index contributed by atoms with van der Waals surface area (Å²) in [6.07, 6.45) is 0.327. The van der Waals surface area contributed by atoms with E-state index in [9.17, 15) is 28.8 Å². The normalized spacial score (nSPS) is 15.4. The molecule has 282 valence electrons. The Hall–Kier alpha value is -4.11. The summed E-state index contributed by atoms with van der Waals surface area (Å²) in [7, 11) is 1.11. The average Bonchev–Trinajstić information content (AvgIpc) is 3.33. The summed E-state index contributed by atoms with van der Waals surface area (Å²) in [6, 6.07) is 16.3. The van der Waals surface area contributed by atoms with E-state index < -0.39 is 64.3 Å². The summed E-state index contributed by atoms with van der Waals surface area (Å²) in [6.45, 7) is 6.98. The van der Waals surface area contributed by atoms with Crippen molar-refractivity contribution in [3.05, 3.63) is 71.8 Å². The molecule has 2 aromatic rings. The molecule has 0 saturated carbocycles. The van der Waals surface area contributed by atoms with Gasteiger partial charge in [0.25, 0.3) is 0 Å². The summed E-state index contributed by atoms with van der Waals surface area (Å²) in [5.41, 5.74) is 2.15. The molecule has 0 radical (unpaired) electrons. The number of aryl methyl sites for hydroxylation is 2. The largest absolute Gasteiger partial charge is 0.511 e. The second kappa shape index (κ2) is 23.4. The van der Waals surface area contributed by atoms with E-state index in [1.165, 1.54) is 11.8 Å². The number of ether oxygens (including phenoxy) is 5. The number of esters is 3. The maximum atomic E-state index is 12.2. The highest BCUT2D eigenvalue weighted by Crippen LogP contribution is 2.27. The SMILES string of the molecule is CCOC(=O)[C@H](CCc1ccccc1)N1C(=O)OC(=O)[C@@H]1C.CCOC(=O)[C@H](CCc1ccccc1)N[C@@H](C)C(=O)O.COC(=O)OC(Cl)(Cl)Cl. The third kappa shape index (κ3) is 17.6. The van der Waals surface area contributed by atoms with Crippen molar-refractivity contribution >= 4 is 70.9 Å². The fraction of sp³-hybridized carbons (Fsp3) is 0.471. The highest BCUT2D eigenvalue weighted by molar-refractivity contribution is 6.66. The van der Waals surface area contributed by atoms with Crippen molar-refractivity contribution < 1.29 is 57.6 Å². The van der Waals surface area contributed by atoms with E-state index in [1.807, 2.05) is 60.7 Å². The van der Waals surface area contributed by atoms with Crippen LogP contribution in [0.4, 0.5) is 9.59 Å². The van der Waals surface area contributed by atoms with Crippen molar-refractivity contribution in [1.82, 2.24) is 10.2 Å². The van der Waals surface area contributed by atoms with Crippen molar-refractivity contribution in [2.24, 2.45) is 0 Å². The van der Waals surface area contributed by atoms with Gasteiger partial charge in [0.15, 0.2) is 0 Å². The Balaban J connectivity index is 0.000000415. The molecule has 2 aromatic carbocycles. The van der Waals surface area contributed by atoms with Gasteiger partial charge in [-0.25, -0.2) is 19.2 Å². The van der Waals surface area contributed by atoms with E-state index in [0.29, 0.717) is 25.7 Å². The highest BCUT2D eigenvalue weighted by atomic mass is 35.6. The molecule has 2 N–H and O–H groups in total. The highest BCUT2D eigenvalue weighted by Gasteiger charge is 2.45. The Morgan fingerprint density at radius 2 is 1.37 bits per heavy atom. The smallest absolute Gasteiger partial charge is 0.480 e. The lowest BCUT2D eigenvalue weighted by Gasteiger charge is -2.26. The first-order valence-electron chi connectivity index (χ1n) is 15.8. The standard InChI is InChI=1S/C16H19NO5.C15H21NO4.C3H3Cl3O3/c1-3-21-15(19)13(10-9-12-7-5-4-6-8-12)17-11(2)14(18)22-16(17)20;1-3-20-15(19)13(16-11(2)14(17)18)10-9-12-7-5-4-6-8-12;1-8-2(7)9-3(4,5)6/h4-8,11,13H,3,9-10H2,1-2H3;4-8,11,13,16H,3,9-10H2,1-2H3,(H,17,18);1H3/t2*11-,13-;/m00./s1. The number of amides is 1. The van der Waals surface area contributed by atoms with Crippen LogP contribution >= 0.6 is 34.8 Å². The zero-order chi connectivity index (χ0) is 38.6. The Bertz CT molecular complexity index is 1410. The number of carboxylic acid groups (broad SMARTS) is 1. The van der Waals surface area contributed by atoms with Gasteiger partial charge in [0.2, 0.25) is 0 Å². The van der Waals surface area contributed by atoms with Crippen LogP contribution in [0.5, 0.6) is 0 Å². The molecule has 1 heterocycles. The summed E-state index contributed by atoms with van der Waals surface area (Å²) in [5.74, 6) is -2.55. The lowest BCUT2D eigenvalue weighted by atomic mass is 10.0. The van der Waals surface area contributed by atoms with Crippen LogP contribution in [0.1, 0.15) is 51.7 Å². The van der Waals surface area contributed by atoms with Gasteiger partial charge in [-0.05, 0) is 99.3 Å². The molecule has 3 rings (SSSR count). The molecule has 0 spiro atoms. The molecule has 0 bridgehead atoms. The van der Waals surface area contributed by atoms with Crippen molar-refractivity contribution in [1.29, 1.82) is 0 Å². The number of carboxylic acids is 1. The van der Waals surface area contributed by atoms with E-state index in [0.717, 1.165) is 18.2 Å². The quantitative estimate of drug-likeness (QED) is 0.104. The number of benzene rings is 2. The van der Waals surface area contributed by atoms with Crippen molar-refractivity contribution in [3.8, 4) is 0 Å². The van der Waals surface area contributed by atoms with Crippen LogP contribution in [-0.2, 0) is 55.7 Å². The summed E-state index contributed by atoms with van der Waals surface area (Å²) in [4.78, 5) is 69.5. The molecular formula is C34H43Cl3N2O12. The molecule has 1 aliphatic rings. The molecule has 1 aliphatic heterocycles. The van der Waals surface area contributed by atoms with E-state index in [-0.39, 0.29) is 13.2 Å². The topological polar surface area (TPSA) is 184 Å². The minimum absolute atomic E-state index is 0.214. The number of aliphatic carboxylic acids is 1. The third-order valence-electron chi connectivity index (χ3n) is 6.92. The number of carbonyl (C=O) groups excluding carboxylic acids is 5. The van der Waals surface area contributed by atoms with Crippen molar-refractivity contribution in [2.75, 3.05) is 20.3 Å². The number of halogens is 3. The molecule has 17 heteroatoms. The number of nitrogens with one attached hydrogen (secondary N) is 1. The van der Waals surface area contributed by atoms with Gasteiger partial charge in [0.1, 0.15) is 24.2 Å². The fourth-order valence-corrected chi connectivity index (χ4v) is 4.62. The number of carbonyl (C=O) groups is 6. The first-order valence-corrected chi connectivity index (χ1v) is 16.9. The predicted molar refractivity (Wildman–Crippen MR) is 187 cm³/mol. The molecule has 14 nitrogen and oxygen atoms in total. The zero-order valence-electron chi connectivity index (χ0n) is 28.8. The van der Waals surface area contributed by atoms with E-state index in [1.54, 1.807) is 20.8 Å². The van der Waals surface area contributed by atoms with Crippen LogP contribution in [0.2, 0.25) is 0 Å². The molecule has 4 atom stereocenters. The molecule has 51 heavy (non-hydrogen) atoms. The van der Waals surface area contributed by atoms with Gasteiger partial charge in [0.05, 0.1) is 20.3 Å². The molecule has 1 saturated heterocycles. The Labute approximate surface area is 311 Å². The Kier molecular flexibility index (Phi) is 20.6. The van der Waals surface area contributed by atoms with Gasteiger partial charge in [-0.3, -0.25) is 19.8 Å². The summed E-state index contributed by atoms with van der Waals surface area (Å²) < 4.78 is 20.6. The molecule has 0 unspecified atom stereocenters. The maximum absolute atomic E-state index is 12.2. The molecule has 1 amide bonds. The van der Waals surface area contributed by atoms with Crippen LogP contribution in [0.25, 0.3) is 0 Å². The number of methoxy groups -OCH3 is 1. The van der Waals surface area contributed by atoms with Crippen LogP contribution < -0.4 is 5.32 Å². The number of rotatable bonds is 14. The lowest BCUT2D eigenvalue weighted by Crippen LogP contribution is -2.47. The second-order valence-electron chi connectivity index (χ2n) is 10.6. The monoisotopic (exact) mass is 776 g/mol. The van der Waals surface area contributed by atoms with E-state index in [2.05, 4.69) is 19.5 Å². The summed E-state index contributed by atoms with van der Waals surface area (Å²) in [5, 5.41) is 11.7. The predicted octanol–water partition coefficient (Wildman–Crippen LogP) is 5.63. The van der Waals surface area contributed by atoms with Crippen LogP contribution in [0, 0.1) is 0 Å². The van der Waals surface area contributed by atoms with Gasteiger partial charge in [-0.1, -0.05) is 60.7 Å². The van der Waals surface area contributed by atoms with Crippen LogP contribution in [0.15, 0.2) is 60.7 Å².